The molecule has 1 N–H and O–H groups in total. The van der Waals surface area contributed by atoms with Crippen molar-refractivity contribution in [2.45, 2.75) is 32.6 Å². The van der Waals surface area contributed by atoms with Crippen molar-refractivity contribution in [1.82, 2.24) is 4.98 Å². The van der Waals surface area contributed by atoms with Crippen molar-refractivity contribution in [2.75, 3.05) is 18.0 Å². The number of pyridine rings is 1. The highest BCUT2D eigenvalue weighted by Gasteiger charge is 2.21. The van der Waals surface area contributed by atoms with Gasteiger partial charge in [-0.15, -0.1) is 0 Å². The molecule has 0 spiro atoms. The largest absolute Gasteiger partial charge is 0.481 e. The van der Waals surface area contributed by atoms with Crippen molar-refractivity contribution in [3.8, 4) is 0 Å². The highest BCUT2D eigenvalue weighted by molar-refractivity contribution is 5.66. The van der Waals surface area contributed by atoms with Crippen LogP contribution in [0.5, 0.6) is 0 Å². The minimum atomic E-state index is -0.688. The summed E-state index contributed by atoms with van der Waals surface area (Å²) in [7, 11) is 0. The topological polar surface area (TPSA) is 53.4 Å². The number of nitrogens with zero attached hydrogens (tertiary/aromatic N) is 2. The summed E-state index contributed by atoms with van der Waals surface area (Å²) in [6.45, 7) is 4.11. The van der Waals surface area contributed by atoms with Crippen LogP contribution in [-0.4, -0.2) is 29.1 Å². The number of aryl methyl sites for hydroxylation is 1. The number of aromatic nitrogens is 1. The Labute approximate surface area is 108 Å². The number of hydrogen-bond acceptors (Lipinski definition) is 3. The average Bonchev–Trinajstić information content (AvgIpc) is 2.37. The summed E-state index contributed by atoms with van der Waals surface area (Å²) in [6.07, 6.45) is 7.07. The van der Waals surface area contributed by atoms with Crippen molar-refractivity contribution in [3.05, 3.63) is 24.0 Å². The molecule has 0 aromatic carbocycles. The maximum absolute atomic E-state index is 10.6. The number of piperidine rings is 1. The first-order valence-corrected chi connectivity index (χ1v) is 6.54. The van der Waals surface area contributed by atoms with Crippen LogP contribution in [0, 0.1) is 12.8 Å². The number of anilines is 1. The van der Waals surface area contributed by atoms with Gasteiger partial charge < -0.3 is 10.0 Å². The average molecular weight is 248 g/mol. The summed E-state index contributed by atoms with van der Waals surface area (Å²) in [4.78, 5) is 17.1. The van der Waals surface area contributed by atoms with Gasteiger partial charge in [0.2, 0.25) is 0 Å². The van der Waals surface area contributed by atoms with Gasteiger partial charge in [-0.05, 0) is 43.7 Å². The molecule has 0 amide bonds. The van der Waals surface area contributed by atoms with Crippen LogP contribution in [0.3, 0.4) is 0 Å². The second kappa shape index (κ2) is 5.85. The Morgan fingerprint density at radius 1 is 1.61 bits per heavy atom. The fourth-order valence-corrected chi connectivity index (χ4v) is 2.67. The summed E-state index contributed by atoms with van der Waals surface area (Å²) >= 11 is 0. The summed E-state index contributed by atoms with van der Waals surface area (Å²) in [5.74, 6) is -0.186. The molecule has 18 heavy (non-hydrogen) atoms. The van der Waals surface area contributed by atoms with Crippen LogP contribution in [-0.2, 0) is 4.79 Å². The van der Waals surface area contributed by atoms with E-state index < -0.39 is 5.97 Å². The molecule has 4 nitrogen and oxygen atoms in total. The summed E-state index contributed by atoms with van der Waals surface area (Å²) in [5, 5.41) is 8.75. The van der Waals surface area contributed by atoms with Gasteiger partial charge in [0.25, 0.3) is 0 Å². The first-order valence-electron chi connectivity index (χ1n) is 6.54. The lowest BCUT2D eigenvalue weighted by molar-refractivity contribution is -0.137. The van der Waals surface area contributed by atoms with Crippen molar-refractivity contribution in [2.24, 2.45) is 5.92 Å². The molecule has 1 saturated heterocycles. The zero-order chi connectivity index (χ0) is 13.0. The third-order valence-electron chi connectivity index (χ3n) is 3.62. The van der Waals surface area contributed by atoms with Crippen LogP contribution in [0.2, 0.25) is 0 Å². The van der Waals surface area contributed by atoms with E-state index in [0.717, 1.165) is 32.4 Å². The second-order valence-corrected chi connectivity index (χ2v) is 5.05. The van der Waals surface area contributed by atoms with Gasteiger partial charge in [0, 0.05) is 37.6 Å². The molecule has 1 aliphatic heterocycles. The van der Waals surface area contributed by atoms with E-state index >= 15 is 0 Å². The van der Waals surface area contributed by atoms with Gasteiger partial charge in [0.05, 0.1) is 0 Å². The van der Waals surface area contributed by atoms with Crippen LogP contribution < -0.4 is 4.90 Å². The van der Waals surface area contributed by atoms with Gasteiger partial charge in [-0.3, -0.25) is 9.78 Å². The predicted molar refractivity (Wildman–Crippen MR) is 70.8 cm³/mol. The smallest absolute Gasteiger partial charge is 0.303 e. The molecule has 1 aliphatic rings. The molecule has 1 atom stereocenters. The standard InChI is InChI=1S/C14H20N2O2/c1-11-9-15-7-6-13(11)16-8-2-3-12(10-16)4-5-14(17)18/h6-7,9,12H,2-5,8,10H2,1H3,(H,17,18). The zero-order valence-corrected chi connectivity index (χ0v) is 10.8. The highest BCUT2D eigenvalue weighted by atomic mass is 16.4. The van der Waals surface area contributed by atoms with Crippen molar-refractivity contribution in [3.63, 3.8) is 0 Å². The Morgan fingerprint density at radius 3 is 3.17 bits per heavy atom. The SMILES string of the molecule is Cc1cnccc1N1CCCC(CCC(=O)O)C1. The Hall–Kier alpha value is -1.58. The first-order chi connectivity index (χ1) is 8.66. The first kappa shape index (κ1) is 12.9. The molecular weight excluding hydrogens is 228 g/mol. The molecule has 0 saturated carbocycles. The number of carboxylic acids is 1. The maximum atomic E-state index is 10.6. The van der Waals surface area contributed by atoms with Crippen LogP contribution in [0.4, 0.5) is 5.69 Å². The second-order valence-electron chi connectivity index (χ2n) is 5.05. The van der Waals surface area contributed by atoms with Gasteiger partial charge in [-0.2, -0.15) is 0 Å². The summed E-state index contributed by atoms with van der Waals surface area (Å²) in [6, 6.07) is 2.05. The van der Waals surface area contributed by atoms with Crippen LogP contribution in [0.15, 0.2) is 18.5 Å². The van der Waals surface area contributed by atoms with E-state index in [-0.39, 0.29) is 6.42 Å². The molecule has 0 radical (unpaired) electrons. The zero-order valence-electron chi connectivity index (χ0n) is 10.8. The van der Waals surface area contributed by atoms with E-state index in [1.54, 1.807) is 0 Å². The Bertz CT molecular complexity index is 420. The third-order valence-corrected chi connectivity index (χ3v) is 3.62. The maximum Gasteiger partial charge on any atom is 0.303 e. The Morgan fingerprint density at radius 2 is 2.44 bits per heavy atom. The van der Waals surface area contributed by atoms with E-state index in [2.05, 4.69) is 22.9 Å². The number of aliphatic carboxylic acids is 1. The molecule has 1 aromatic heterocycles. The molecule has 2 heterocycles. The molecule has 4 heteroatoms. The highest BCUT2D eigenvalue weighted by Crippen LogP contribution is 2.27. The lowest BCUT2D eigenvalue weighted by Gasteiger charge is -2.35. The van der Waals surface area contributed by atoms with Crippen LogP contribution >= 0.6 is 0 Å². The molecule has 0 bridgehead atoms. The van der Waals surface area contributed by atoms with Gasteiger partial charge >= 0.3 is 5.97 Å². The lowest BCUT2D eigenvalue weighted by Crippen LogP contribution is -2.36. The van der Waals surface area contributed by atoms with Gasteiger partial charge in [0.1, 0.15) is 0 Å². The molecule has 2 rings (SSSR count). The van der Waals surface area contributed by atoms with Crippen molar-refractivity contribution >= 4 is 11.7 Å². The van der Waals surface area contributed by atoms with Crippen LogP contribution in [0.1, 0.15) is 31.2 Å². The lowest BCUT2D eigenvalue weighted by atomic mass is 9.93. The van der Waals surface area contributed by atoms with Gasteiger partial charge in [-0.25, -0.2) is 0 Å². The van der Waals surface area contributed by atoms with Gasteiger partial charge in [-0.1, -0.05) is 0 Å². The van der Waals surface area contributed by atoms with Gasteiger partial charge in [0.15, 0.2) is 0 Å². The third kappa shape index (κ3) is 3.22. The Kier molecular flexibility index (Phi) is 4.18. The van der Waals surface area contributed by atoms with E-state index in [0.29, 0.717) is 5.92 Å². The fourth-order valence-electron chi connectivity index (χ4n) is 2.67. The number of rotatable bonds is 4. The van der Waals surface area contributed by atoms with E-state index in [1.807, 2.05) is 12.4 Å². The van der Waals surface area contributed by atoms with E-state index in [4.69, 9.17) is 5.11 Å². The number of carboxylic acid groups (broad SMARTS) is 1. The number of hydrogen-bond donors (Lipinski definition) is 1. The van der Waals surface area contributed by atoms with Crippen molar-refractivity contribution in [1.29, 1.82) is 0 Å². The van der Waals surface area contributed by atoms with E-state index in [9.17, 15) is 4.79 Å². The molecule has 98 valence electrons. The molecule has 1 fully saturated rings. The summed E-state index contributed by atoms with van der Waals surface area (Å²) < 4.78 is 0. The fraction of sp³-hybridized carbons (Fsp3) is 0.571. The number of carbonyl (C=O) groups is 1. The molecular formula is C14H20N2O2. The minimum absolute atomic E-state index is 0.286. The Balaban J connectivity index is 1.98. The minimum Gasteiger partial charge on any atom is -0.481 e. The monoisotopic (exact) mass is 248 g/mol. The molecule has 1 unspecified atom stereocenters. The quantitative estimate of drug-likeness (QED) is 0.889. The summed E-state index contributed by atoms with van der Waals surface area (Å²) in [5.41, 5.74) is 2.43. The molecule has 1 aromatic rings. The molecule has 0 aliphatic carbocycles. The van der Waals surface area contributed by atoms with Crippen molar-refractivity contribution < 1.29 is 9.90 Å². The predicted octanol–water partition coefficient (Wildman–Crippen LogP) is 2.47. The van der Waals surface area contributed by atoms with E-state index in [1.165, 1.54) is 11.3 Å². The normalized spacial score (nSPS) is 19.8. The van der Waals surface area contributed by atoms with Crippen LogP contribution in [0.25, 0.3) is 0 Å².